The van der Waals surface area contributed by atoms with Crippen molar-refractivity contribution in [1.82, 2.24) is 4.90 Å². The van der Waals surface area contributed by atoms with Crippen molar-refractivity contribution in [2.75, 3.05) is 13.1 Å². The van der Waals surface area contributed by atoms with Gasteiger partial charge in [0, 0.05) is 30.8 Å². The van der Waals surface area contributed by atoms with E-state index in [9.17, 15) is 19.7 Å². The van der Waals surface area contributed by atoms with Crippen LogP contribution in [0, 0.1) is 22.0 Å². The lowest BCUT2D eigenvalue weighted by Crippen LogP contribution is -2.44. The van der Waals surface area contributed by atoms with Gasteiger partial charge < -0.3 is 10.0 Å². The fourth-order valence-corrected chi connectivity index (χ4v) is 2.61. The van der Waals surface area contributed by atoms with Crippen molar-refractivity contribution in [3.63, 3.8) is 0 Å². The van der Waals surface area contributed by atoms with Crippen LogP contribution in [0.15, 0.2) is 24.3 Å². The molecule has 1 aliphatic rings. The number of amides is 1. The SMILES string of the molecule is CC1CN(C(=O)c2ccc([N+](=O)[O-])cc2)CCC1C(=O)O. The number of nitro groups is 1. The molecule has 1 aromatic carbocycles. The topological polar surface area (TPSA) is 101 Å². The first kappa shape index (κ1) is 15.0. The quantitative estimate of drug-likeness (QED) is 0.676. The number of carbonyl (C=O) groups is 2. The second-order valence-corrected chi connectivity index (χ2v) is 5.27. The first-order valence-electron chi connectivity index (χ1n) is 6.66. The highest BCUT2D eigenvalue weighted by Crippen LogP contribution is 2.25. The first-order chi connectivity index (χ1) is 9.90. The van der Waals surface area contributed by atoms with Gasteiger partial charge in [0.05, 0.1) is 10.8 Å². The molecule has 0 aliphatic carbocycles. The minimum atomic E-state index is -0.829. The van der Waals surface area contributed by atoms with Crippen molar-refractivity contribution >= 4 is 17.6 Å². The number of rotatable bonds is 3. The van der Waals surface area contributed by atoms with E-state index < -0.39 is 16.8 Å². The number of nitro benzene ring substituents is 1. The Balaban J connectivity index is 2.07. The molecule has 1 amide bonds. The highest BCUT2D eigenvalue weighted by atomic mass is 16.6. The number of hydrogen-bond donors (Lipinski definition) is 1. The molecule has 2 rings (SSSR count). The first-order valence-corrected chi connectivity index (χ1v) is 6.66. The summed E-state index contributed by atoms with van der Waals surface area (Å²) in [4.78, 5) is 35.0. The number of non-ortho nitro benzene ring substituents is 1. The van der Waals surface area contributed by atoms with E-state index in [1.807, 2.05) is 6.92 Å². The Labute approximate surface area is 121 Å². The third-order valence-corrected chi connectivity index (χ3v) is 3.83. The van der Waals surface area contributed by atoms with E-state index in [1.165, 1.54) is 24.3 Å². The second-order valence-electron chi connectivity index (χ2n) is 5.27. The Morgan fingerprint density at radius 2 is 1.95 bits per heavy atom. The second kappa shape index (κ2) is 5.90. The number of carboxylic acid groups (broad SMARTS) is 1. The number of piperidine rings is 1. The number of nitrogens with zero attached hydrogens (tertiary/aromatic N) is 2. The van der Waals surface area contributed by atoms with Crippen LogP contribution in [0.2, 0.25) is 0 Å². The third kappa shape index (κ3) is 3.18. The average Bonchev–Trinajstić information content (AvgIpc) is 2.46. The van der Waals surface area contributed by atoms with Crippen LogP contribution in [0.25, 0.3) is 0 Å². The summed E-state index contributed by atoms with van der Waals surface area (Å²) in [7, 11) is 0. The van der Waals surface area contributed by atoms with E-state index in [4.69, 9.17) is 5.11 Å². The highest BCUT2D eigenvalue weighted by molar-refractivity contribution is 5.94. The molecule has 0 bridgehead atoms. The summed E-state index contributed by atoms with van der Waals surface area (Å²) in [5.41, 5.74) is 0.311. The number of likely N-dealkylation sites (tertiary alicyclic amines) is 1. The molecule has 1 N–H and O–H groups in total. The fraction of sp³-hybridized carbons (Fsp3) is 0.429. The number of hydrogen-bond acceptors (Lipinski definition) is 4. The summed E-state index contributed by atoms with van der Waals surface area (Å²) in [6.07, 6.45) is 0.426. The normalized spacial score (nSPS) is 21.9. The summed E-state index contributed by atoms with van der Waals surface area (Å²) in [6, 6.07) is 5.43. The summed E-state index contributed by atoms with van der Waals surface area (Å²) in [5, 5.41) is 19.6. The van der Waals surface area contributed by atoms with Crippen molar-refractivity contribution in [1.29, 1.82) is 0 Å². The molecule has 7 heteroatoms. The lowest BCUT2D eigenvalue weighted by atomic mass is 9.87. The van der Waals surface area contributed by atoms with Crippen LogP contribution < -0.4 is 0 Å². The molecule has 0 aromatic heterocycles. The lowest BCUT2D eigenvalue weighted by molar-refractivity contribution is -0.384. The number of aliphatic carboxylic acids is 1. The van der Waals surface area contributed by atoms with E-state index >= 15 is 0 Å². The van der Waals surface area contributed by atoms with Crippen LogP contribution in [0.4, 0.5) is 5.69 Å². The van der Waals surface area contributed by atoms with Crippen molar-refractivity contribution in [3.8, 4) is 0 Å². The molecule has 0 spiro atoms. The maximum absolute atomic E-state index is 12.3. The van der Waals surface area contributed by atoms with Gasteiger partial charge in [0.25, 0.3) is 11.6 Å². The van der Waals surface area contributed by atoms with Gasteiger partial charge in [-0.25, -0.2) is 0 Å². The predicted octanol–water partition coefficient (Wildman–Crippen LogP) is 1.78. The van der Waals surface area contributed by atoms with Gasteiger partial charge in [0.15, 0.2) is 0 Å². The molecular weight excluding hydrogens is 276 g/mol. The fourth-order valence-electron chi connectivity index (χ4n) is 2.61. The minimum absolute atomic E-state index is 0.0653. The van der Waals surface area contributed by atoms with E-state index in [2.05, 4.69) is 0 Å². The number of carbonyl (C=O) groups excluding carboxylic acids is 1. The van der Waals surface area contributed by atoms with Gasteiger partial charge in [-0.2, -0.15) is 0 Å². The monoisotopic (exact) mass is 292 g/mol. The molecule has 21 heavy (non-hydrogen) atoms. The zero-order valence-corrected chi connectivity index (χ0v) is 11.6. The molecule has 1 heterocycles. The van der Waals surface area contributed by atoms with Crippen LogP contribution in [-0.2, 0) is 4.79 Å². The van der Waals surface area contributed by atoms with Crippen molar-refractivity contribution in [2.24, 2.45) is 11.8 Å². The number of carboxylic acids is 1. The number of benzene rings is 1. The van der Waals surface area contributed by atoms with E-state index in [0.717, 1.165) is 0 Å². The van der Waals surface area contributed by atoms with Gasteiger partial charge in [-0.15, -0.1) is 0 Å². The molecule has 1 aromatic rings. The van der Waals surface area contributed by atoms with Gasteiger partial charge in [-0.3, -0.25) is 19.7 Å². The van der Waals surface area contributed by atoms with E-state index in [1.54, 1.807) is 4.90 Å². The Kier molecular flexibility index (Phi) is 4.21. The minimum Gasteiger partial charge on any atom is -0.481 e. The van der Waals surface area contributed by atoms with Crippen molar-refractivity contribution in [2.45, 2.75) is 13.3 Å². The lowest BCUT2D eigenvalue weighted by Gasteiger charge is -2.35. The molecule has 0 radical (unpaired) electrons. The van der Waals surface area contributed by atoms with Crippen LogP contribution in [0.3, 0.4) is 0 Å². The third-order valence-electron chi connectivity index (χ3n) is 3.83. The van der Waals surface area contributed by atoms with Gasteiger partial charge in [0.2, 0.25) is 0 Å². The van der Waals surface area contributed by atoms with Crippen LogP contribution in [0.5, 0.6) is 0 Å². The molecule has 1 saturated heterocycles. The zero-order valence-electron chi connectivity index (χ0n) is 11.6. The maximum atomic E-state index is 12.3. The molecule has 2 unspecified atom stereocenters. The summed E-state index contributed by atoms with van der Waals surface area (Å²) in [6.45, 7) is 2.58. The smallest absolute Gasteiger partial charge is 0.306 e. The van der Waals surface area contributed by atoms with Crippen molar-refractivity contribution in [3.05, 3.63) is 39.9 Å². The Hall–Kier alpha value is -2.44. The molecule has 7 nitrogen and oxygen atoms in total. The summed E-state index contributed by atoms with van der Waals surface area (Å²) < 4.78 is 0. The standard InChI is InChI=1S/C14H16N2O5/c1-9-8-15(7-6-12(9)14(18)19)13(17)10-2-4-11(5-3-10)16(20)21/h2-5,9,12H,6-8H2,1H3,(H,18,19). The van der Waals surface area contributed by atoms with Crippen LogP contribution >= 0.6 is 0 Å². The molecule has 0 saturated carbocycles. The van der Waals surface area contributed by atoms with Crippen molar-refractivity contribution < 1.29 is 19.6 Å². The Morgan fingerprint density at radius 3 is 2.43 bits per heavy atom. The van der Waals surface area contributed by atoms with Crippen LogP contribution in [-0.4, -0.2) is 39.9 Å². The van der Waals surface area contributed by atoms with Gasteiger partial charge in [-0.05, 0) is 24.5 Å². The molecule has 1 aliphatic heterocycles. The van der Waals surface area contributed by atoms with Gasteiger partial charge in [-0.1, -0.05) is 6.92 Å². The summed E-state index contributed by atoms with van der Waals surface area (Å²) >= 11 is 0. The van der Waals surface area contributed by atoms with E-state index in [0.29, 0.717) is 25.1 Å². The summed E-state index contributed by atoms with van der Waals surface area (Å²) in [5.74, 6) is -1.59. The average molecular weight is 292 g/mol. The highest BCUT2D eigenvalue weighted by Gasteiger charge is 2.33. The predicted molar refractivity (Wildman–Crippen MR) is 73.9 cm³/mol. The van der Waals surface area contributed by atoms with Crippen LogP contribution in [0.1, 0.15) is 23.7 Å². The Morgan fingerprint density at radius 1 is 1.33 bits per heavy atom. The van der Waals surface area contributed by atoms with Gasteiger partial charge >= 0.3 is 5.97 Å². The molecule has 2 atom stereocenters. The molecule has 1 fully saturated rings. The van der Waals surface area contributed by atoms with E-state index in [-0.39, 0.29) is 17.5 Å². The van der Waals surface area contributed by atoms with Gasteiger partial charge in [0.1, 0.15) is 0 Å². The maximum Gasteiger partial charge on any atom is 0.306 e. The molecule has 112 valence electrons. The zero-order chi connectivity index (χ0) is 15.6. The molecular formula is C14H16N2O5. The largest absolute Gasteiger partial charge is 0.481 e. The Bertz CT molecular complexity index is 569.